The highest BCUT2D eigenvalue weighted by atomic mass is 32.2. The Morgan fingerprint density at radius 3 is 2.53 bits per heavy atom. The molecule has 1 atom stereocenters. The number of sulfone groups is 1. The minimum atomic E-state index is -2.91. The van der Waals surface area contributed by atoms with Gasteiger partial charge >= 0.3 is 0 Å². The predicted octanol–water partition coefficient (Wildman–Crippen LogP) is 1.83. The second-order valence-electron chi connectivity index (χ2n) is 4.80. The van der Waals surface area contributed by atoms with Crippen molar-refractivity contribution < 1.29 is 8.42 Å². The van der Waals surface area contributed by atoms with Crippen LogP contribution in [0.25, 0.3) is 0 Å². The lowest BCUT2D eigenvalue weighted by Crippen LogP contribution is -2.32. The van der Waals surface area contributed by atoms with E-state index in [1.54, 1.807) is 0 Å². The Kier molecular flexibility index (Phi) is 4.71. The number of rotatable bonds is 5. The van der Waals surface area contributed by atoms with Crippen LogP contribution in [-0.2, 0) is 16.4 Å². The molecule has 0 saturated heterocycles. The van der Waals surface area contributed by atoms with Gasteiger partial charge in [-0.2, -0.15) is 0 Å². The summed E-state index contributed by atoms with van der Waals surface area (Å²) >= 11 is 0. The van der Waals surface area contributed by atoms with Crippen molar-refractivity contribution in [3.05, 3.63) is 34.9 Å². The van der Waals surface area contributed by atoms with Gasteiger partial charge in [0.05, 0.1) is 5.75 Å². The van der Waals surface area contributed by atoms with Gasteiger partial charge in [0.1, 0.15) is 9.84 Å². The zero-order chi connectivity index (χ0) is 13.1. The SMILES string of the molecule is Cc1ccc(C)c(CNC(C)CS(C)(=O)=O)c1. The van der Waals surface area contributed by atoms with Gasteiger partial charge in [-0.25, -0.2) is 8.42 Å². The maximum atomic E-state index is 11.1. The van der Waals surface area contributed by atoms with E-state index in [2.05, 4.69) is 37.4 Å². The number of hydrogen-bond donors (Lipinski definition) is 1. The zero-order valence-corrected chi connectivity index (χ0v) is 11.8. The third-order valence-corrected chi connectivity index (χ3v) is 3.80. The number of benzene rings is 1. The standard InChI is InChI=1S/C13H21NO2S/c1-10-5-6-11(2)13(7-10)8-14-12(3)9-17(4,15)16/h5-7,12,14H,8-9H2,1-4H3. The zero-order valence-electron chi connectivity index (χ0n) is 10.9. The monoisotopic (exact) mass is 255 g/mol. The Balaban J connectivity index is 2.58. The average Bonchev–Trinajstić information content (AvgIpc) is 2.17. The summed E-state index contributed by atoms with van der Waals surface area (Å²) in [5.74, 6) is 0.178. The van der Waals surface area contributed by atoms with E-state index in [1.807, 2.05) is 6.92 Å². The molecule has 0 bridgehead atoms. The summed E-state index contributed by atoms with van der Waals surface area (Å²) in [7, 11) is -2.91. The highest BCUT2D eigenvalue weighted by Crippen LogP contribution is 2.10. The van der Waals surface area contributed by atoms with Gasteiger partial charge in [-0.1, -0.05) is 23.8 Å². The lowest BCUT2D eigenvalue weighted by molar-refractivity contribution is 0.559. The molecule has 0 saturated carbocycles. The summed E-state index contributed by atoms with van der Waals surface area (Å²) in [4.78, 5) is 0. The molecule has 0 amide bonds. The molecule has 1 unspecified atom stereocenters. The third kappa shape index (κ3) is 5.33. The second kappa shape index (κ2) is 5.65. The second-order valence-corrected chi connectivity index (χ2v) is 6.99. The van der Waals surface area contributed by atoms with Crippen LogP contribution in [0.15, 0.2) is 18.2 Å². The molecule has 0 aliphatic heterocycles. The molecule has 1 aromatic rings. The molecule has 0 aliphatic rings. The fraction of sp³-hybridized carbons (Fsp3) is 0.538. The third-order valence-electron chi connectivity index (χ3n) is 2.70. The fourth-order valence-corrected chi connectivity index (χ4v) is 2.81. The Morgan fingerprint density at radius 1 is 1.29 bits per heavy atom. The van der Waals surface area contributed by atoms with Crippen molar-refractivity contribution in [3.8, 4) is 0 Å². The molecule has 1 aromatic carbocycles. The molecule has 3 nitrogen and oxygen atoms in total. The summed E-state index contributed by atoms with van der Waals surface area (Å²) in [6.45, 7) is 6.73. The van der Waals surface area contributed by atoms with Crippen LogP contribution in [0.2, 0.25) is 0 Å². The Morgan fingerprint density at radius 2 is 1.94 bits per heavy atom. The van der Waals surface area contributed by atoms with E-state index in [4.69, 9.17) is 0 Å². The quantitative estimate of drug-likeness (QED) is 0.873. The van der Waals surface area contributed by atoms with E-state index in [1.165, 1.54) is 22.9 Å². The molecule has 1 rings (SSSR count). The average molecular weight is 255 g/mol. The molecule has 1 N–H and O–H groups in total. The van der Waals surface area contributed by atoms with Crippen molar-refractivity contribution in [2.75, 3.05) is 12.0 Å². The van der Waals surface area contributed by atoms with E-state index in [9.17, 15) is 8.42 Å². The number of nitrogens with one attached hydrogen (secondary N) is 1. The smallest absolute Gasteiger partial charge is 0.148 e. The van der Waals surface area contributed by atoms with Crippen molar-refractivity contribution in [2.24, 2.45) is 0 Å². The van der Waals surface area contributed by atoms with Gasteiger partial charge in [0.15, 0.2) is 0 Å². The molecule has 4 heteroatoms. The number of aryl methyl sites for hydroxylation is 2. The minimum Gasteiger partial charge on any atom is -0.309 e. The fourth-order valence-electron chi connectivity index (χ4n) is 1.79. The first-order chi connectivity index (χ1) is 7.78. The molecule has 0 aliphatic carbocycles. The van der Waals surface area contributed by atoms with Crippen LogP contribution in [0.5, 0.6) is 0 Å². The summed E-state index contributed by atoms with van der Waals surface area (Å²) in [5.41, 5.74) is 3.68. The molecular weight excluding hydrogens is 234 g/mol. The molecule has 96 valence electrons. The van der Waals surface area contributed by atoms with Crippen LogP contribution in [0.3, 0.4) is 0 Å². The molecule has 0 heterocycles. The van der Waals surface area contributed by atoms with Crippen molar-refractivity contribution in [3.63, 3.8) is 0 Å². The predicted molar refractivity (Wildman–Crippen MR) is 71.9 cm³/mol. The van der Waals surface area contributed by atoms with E-state index in [-0.39, 0.29) is 11.8 Å². The lowest BCUT2D eigenvalue weighted by Gasteiger charge is -2.14. The molecule has 0 radical (unpaired) electrons. The van der Waals surface area contributed by atoms with Crippen LogP contribution in [0, 0.1) is 13.8 Å². The first-order valence-corrected chi connectivity index (χ1v) is 7.81. The first kappa shape index (κ1) is 14.2. The van der Waals surface area contributed by atoms with Crippen molar-refractivity contribution >= 4 is 9.84 Å². The van der Waals surface area contributed by atoms with Crippen LogP contribution >= 0.6 is 0 Å². The van der Waals surface area contributed by atoms with E-state index in [0.717, 1.165) is 0 Å². The van der Waals surface area contributed by atoms with Crippen LogP contribution in [0.1, 0.15) is 23.6 Å². The van der Waals surface area contributed by atoms with Gasteiger partial charge in [0.25, 0.3) is 0 Å². The van der Waals surface area contributed by atoms with E-state index < -0.39 is 9.84 Å². The largest absolute Gasteiger partial charge is 0.309 e. The van der Waals surface area contributed by atoms with Crippen LogP contribution in [0.4, 0.5) is 0 Å². The maximum absolute atomic E-state index is 11.1. The van der Waals surface area contributed by atoms with Gasteiger partial charge in [-0.3, -0.25) is 0 Å². The molecule has 0 fully saturated rings. The van der Waals surface area contributed by atoms with Gasteiger partial charge in [-0.05, 0) is 31.9 Å². The van der Waals surface area contributed by atoms with Gasteiger partial charge in [0.2, 0.25) is 0 Å². The molecule has 0 spiro atoms. The minimum absolute atomic E-state index is 0.0232. The molecular formula is C13H21NO2S. The maximum Gasteiger partial charge on any atom is 0.148 e. The highest BCUT2D eigenvalue weighted by Gasteiger charge is 2.10. The Hall–Kier alpha value is -0.870. The summed E-state index contributed by atoms with van der Waals surface area (Å²) in [5, 5.41) is 3.24. The lowest BCUT2D eigenvalue weighted by atomic mass is 10.1. The number of hydrogen-bond acceptors (Lipinski definition) is 3. The van der Waals surface area contributed by atoms with Crippen molar-refractivity contribution in [1.29, 1.82) is 0 Å². The van der Waals surface area contributed by atoms with Gasteiger partial charge in [0, 0.05) is 18.8 Å². The Bertz CT molecular complexity index is 480. The first-order valence-electron chi connectivity index (χ1n) is 5.75. The molecule has 0 aromatic heterocycles. The van der Waals surface area contributed by atoms with Crippen LogP contribution < -0.4 is 5.32 Å². The van der Waals surface area contributed by atoms with Gasteiger partial charge in [-0.15, -0.1) is 0 Å². The highest BCUT2D eigenvalue weighted by molar-refractivity contribution is 7.90. The topological polar surface area (TPSA) is 46.2 Å². The van der Waals surface area contributed by atoms with E-state index in [0.29, 0.717) is 6.54 Å². The van der Waals surface area contributed by atoms with Crippen LogP contribution in [-0.4, -0.2) is 26.5 Å². The Labute approximate surface area is 104 Å². The summed E-state index contributed by atoms with van der Waals surface area (Å²) in [6.07, 6.45) is 1.27. The summed E-state index contributed by atoms with van der Waals surface area (Å²) in [6, 6.07) is 6.28. The normalized spacial score (nSPS) is 13.6. The summed E-state index contributed by atoms with van der Waals surface area (Å²) < 4.78 is 22.3. The molecule has 17 heavy (non-hydrogen) atoms. The van der Waals surface area contributed by atoms with Crippen molar-refractivity contribution in [1.82, 2.24) is 5.32 Å². The van der Waals surface area contributed by atoms with E-state index >= 15 is 0 Å². The van der Waals surface area contributed by atoms with Gasteiger partial charge < -0.3 is 5.32 Å². The van der Waals surface area contributed by atoms with Crippen molar-refractivity contribution in [2.45, 2.75) is 33.4 Å².